The van der Waals surface area contributed by atoms with Gasteiger partial charge in [0.2, 0.25) is 21.8 Å². The highest BCUT2D eigenvalue weighted by atomic mass is 35.5. The molecular formula is C25H31ClF3N3O4S. The molecule has 2 rings (SSSR count). The number of nitrogens with one attached hydrogen (secondary N) is 1. The summed E-state index contributed by atoms with van der Waals surface area (Å²) in [5, 5.41) is 2.15. The molecule has 2 aromatic rings. The monoisotopic (exact) mass is 561 g/mol. The number of carbonyl (C=O) groups excluding carboxylic acids is 2. The lowest BCUT2D eigenvalue weighted by Gasteiger charge is -2.32. The fraction of sp³-hybridized carbons (Fsp3) is 0.440. The molecule has 7 nitrogen and oxygen atoms in total. The van der Waals surface area contributed by atoms with Crippen LogP contribution in [0.2, 0.25) is 5.02 Å². The molecule has 12 heteroatoms. The molecular weight excluding hydrogens is 531 g/mol. The van der Waals surface area contributed by atoms with Crippen LogP contribution in [-0.2, 0) is 32.3 Å². The average Bonchev–Trinajstić information content (AvgIpc) is 2.79. The normalized spacial score (nSPS) is 12.8. The number of nitrogens with zero attached hydrogens (tertiary/aromatic N) is 2. The standard InChI is InChI=1S/C25H31ClF3N3O4S/c1-16(2)13-30-24(34)18(4)31(14-19-8-6-17(3)7-9-19)23(33)15-32(37(5,35)36)20-10-11-22(26)21(12-20)25(27,28)29/h6-12,16,18H,13-15H2,1-5H3,(H,30,34)/t18-/m1/s1. The molecule has 204 valence electrons. The molecule has 0 saturated heterocycles. The molecule has 0 aliphatic carbocycles. The second-order valence-corrected chi connectivity index (χ2v) is 11.6. The van der Waals surface area contributed by atoms with Crippen molar-refractivity contribution in [3.8, 4) is 0 Å². The molecule has 0 heterocycles. The van der Waals surface area contributed by atoms with Crippen LogP contribution in [0.5, 0.6) is 0 Å². The number of amides is 2. The Bertz CT molecular complexity index is 1220. The smallest absolute Gasteiger partial charge is 0.354 e. The Balaban J connectivity index is 2.45. The quantitative estimate of drug-likeness (QED) is 0.458. The number of aryl methyl sites for hydroxylation is 1. The summed E-state index contributed by atoms with van der Waals surface area (Å²) in [5.41, 5.74) is 0.0699. The molecule has 2 aromatic carbocycles. The first-order valence-corrected chi connectivity index (χ1v) is 13.7. The number of alkyl halides is 3. The number of rotatable bonds is 10. The van der Waals surface area contributed by atoms with Gasteiger partial charge in [0.05, 0.1) is 22.5 Å². The molecule has 0 saturated carbocycles. The number of carbonyl (C=O) groups is 2. The van der Waals surface area contributed by atoms with E-state index in [9.17, 15) is 31.2 Å². The predicted octanol–water partition coefficient (Wildman–Crippen LogP) is 4.62. The van der Waals surface area contributed by atoms with Crippen molar-refractivity contribution in [3.63, 3.8) is 0 Å². The Morgan fingerprint density at radius 3 is 2.16 bits per heavy atom. The number of anilines is 1. The summed E-state index contributed by atoms with van der Waals surface area (Å²) in [6.45, 7) is 6.76. The lowest BCUT2D eigenvalue weighted by atomic mass is 10.1. The SMILES string of the molecule is Cc1ccc(CN(C(=O)CN(c2ccc(Cl)c(C(F)(F)F)c2)S(C)(=O)=O)[C@H](C)C(=O)NCC(C)C)cc1. The summed E-state index contributed by atoms with van der Waals surface area (Å²) in [7, 11) is -4.19. The second-order valence-electron chi connectivity index (χ2n) is 9.25. The molecule has 0 bridgehead atoms. The Morgan fingerprint density at radius 1 is 1.05 bits per heavy atom. The number of benzene rings is 2. The van der Waals surface area contributed by atoms with E-state index in [-0.39, 0.29) is 18.2 Å². The van der Waals surface area contributed by atoms with Crippen LogP contribution in [0.3, 0.4) is 0 Å². The minimum absolute atomic E-state index is 0.0125. The van der Waals surface area contributed by atoms with Gasteiger partial charge in [0.15, 0.2) is 0 Å². The summed E-state index contributed by atoms with van der Waals surface area (Å²) in [6, 6.07) is 8.83. The predicted molar refractivity (Wildman–Crippen MR) is 138 cm³/mol. The van der Waals surface area contributed by atoms with Crippen molar-refractivity contribution in [1.82, 2.24) is 10.2 Å². The maximum atomic E-state index is 13.5. The third kappa shape index (κ3) is 8.63. The van der Waals surface area contributed by atoms with Gasteiger partial charge in [-0.05, 0) is 43.5 Å². The van der Waals surface area contributed by atoms with Gasteiger partial charge >= 0.3 is 6.18 Å². The van der Waals surface area contributed by atoms with Gasteiger partial charge in [0.1, 0.15) is 12.6 Å². The largest absolute Gasteiger partial charge is 0.417 e. The van der Waals surface area contributed by atoms with Crippen molar-refractivity contribution in [2.45, 2.75) is 46.5 Å². The van der Waals surface area contributed by atoms with Crippen molar-refractivity contribution in [2.75, 3.05) is 23.7 Å². The van der Waals surface area contributed by atoms with E-state index in [1.165, 1.54) is 11.8 Å². The van der Waals surface area contributed by atoms with Gasteiger partial charge in [0, 0.05) is 13.1 Å². The van der Waals surface area contributed by atoms with Gasteiger partial charge in [-0.2, -0.15) is 13.2 Å². The van der Waals surface area contributed by atoms with Crippen LogP contribution in [0.15, 0.2) is 42.5 Å². The topological polar surface area (TPSA) is 86.8 Å². The minimum Gasteiger partial charge on any atom is -0.354 e. The zero-order valence-corrected chi connectivity index (χ0v) is 22.8. The molecule has 1 atom stereocenters. The Kier molecular flexibility index (Phi) is 10.0. The number of hydrogen-bond donors (Lipinski definition) is 1. The molecule has 0 unspecified atom stereocenters. The van der Waals surface area contributed by atoms with Gasteiger partial charge in [-0.15, -0.1) is 0 Å². The number of halogens is 4. The van der Waals surface area contributed by atoms with Gasteiger partial charge in [0.25, 0.3) is 0 Å². The Morgan fingerprint density at radius 2 is 1.65 bits per heavy atom. The first-order chi connectivity index (χ1) is 17.0. The second kappa shape index (κ2) is 12.2. The highest BCUT2D eigenvalue weighted by Gasteiger charge is 2.35. The zero-order chi connectivity index (χ0) is 28.1. The van der Waals surface area contributed by atoms with Crippen molar-refractivity contribution in [1.29, 1.82) is 0 Å². The molecule has 37 heavy (non-hydrogen) atoms. The highest BCUT2D eigenvalue weighted by Crippen LogP contribution is 2.37. The van der Waals surface area contributed by atoms with E-state index in [1.807, 2.05) is 32.9 Å². The molecule has 0 aliphatic heterocycles. The number of hydrogen-bond acceptors (Lipinski definition) is 4. The summed E-state index contributed by atoms with van der Waals surface area (Å²) in [5.74, 6) is -1.04. The molecule has 2 amide bonds. The molecule has 0 aliphatic rings. The van der Waals surface area contributed by atoms with Gasteiger partial charge in [-0.3, -0.25) is 13.9 Å². The van der Waals surface area contributed by atoms with Gasteiger partial charge in [-0.1, -0.05) is 55.3 Å². The van der Waals surface area contributed by atoms with Crippen molar-refractivity contribution < 1.29 is 31.2 Å². The molecule has 0 radical (unpaired) electrons. The Labute approximate surface area is 220 Å². The maximum Gasteiger partial charge on any atom is 0.417 e. The van der Waals surface area contributed by atoms with Crippen molar-refractivity contribution in [3.05, 3.63) is 64.2 Å². The average molecular weight is 562 g/mol. The summed E-state index contributed by atoms with van der Waals surface area (Å²) < 4.78 is 65.9. The van der Waals surface area contributed by atoms with Gasteiger partial charge < -0.3 is 10.2 Å². The van der Waals surface area contributed by atoms with E-state index in [2.05, 4.69) is 5.32 Å². The van der Waals surface area contributed by atoms with E-state index in [1.54, 1.807) is 12.1 Å². The fourth-order valence-corrected chi connectivity index (χ4v) is 4.49. The van der Waals surface area contributed by atoms with Crippen LogP contribution >= 0.6 is 11.6 Å². The lowest BCUT2D eigenvalue weighted by molar-refractivity contribution is -0.139. The summed E-state index contributed by atoms with van der Waals surface area (Å²) in [4.78, 5) is 27.5. The van der Waals surface area contributed by atoms with Crippen LogP contribution in [0.1, 0.15) is 37.5 Å². The molecule has 1 N–H and O–H groups in total. The minimum atomic E-state index is -4.83. The third-order valence-electron chi connectivity index (χ3n) is 5.55. The summed E-state index contributed by atoms with van der Waals surface area (Å²) in [6.07, 6.45) is -4.05. The zero-order valence-electron chi connectivity index (χ0n) is 21.3. The Hall–Kier alpha value is -2.79. The van der Waals surface area contributed by atoms with Crippen LogP contribution in [0.25, 0.3) is 0 Å². The molecule has 0 spiro atoms. The lowest BCUT2D eigenvalue weighted by Crippen LogP contribution is -2.51. The van der Waals surface area contributed by atoms with E-state index in [0.717, 1.165) is 24.0 Å². The van der Waals surface area contributed by atoms with Crippen molar-refractivity contribution >= 4 is 39.1 Å². The van der Waals surface area contributed by atoms with Crippen LogP contribution in [-0.4, -0.2) is 50.5 Å². The first-order valence-electron chi connectivity index (χ1n) is 11.5. The van der Waals surface area contributed by atoms with E-state index in [4.69, 9.17) is 11.6 Å². The molecule has 0 aromatic heterocycles. The third-order valence-corrected chi connectivity index (χ3v) is 7.02. The van der Waals surface area contributed by atoms with Crippen LogP contribution in [0, 0.1) is 12.8 Å². The van der Waals surface area contributed by atoms with Gasteiger partial charge in [-0.25, -0.2) is 8.42 Å². The first kappa shape index (κ1) is 30.4. The van der Waals surface area contributed by atoms with Crippen LogP contribution < -0.4 is 9.62 Å². The molecule has 0 fully saturated rings. The summed E-state index contributed by atoms with van der Waals surface area (Å²) >= 11 is 5.68. The fourth-order valence-electron chi connectivity index (χ4n) is 3.42. The maximum absolute atomic E-state index is 13.5. The van der Waals surface area contributed by atoms with Crippen molar-refractivity contribution in [2.24, 2.45) is 5.92 Å². The van der Waals surface area contributed by atoms with E-state index < -0.39 is 51.2 Å². The van der Waals surface area contributed by atoms with E-state index in [0.29, 0.717) is 22.5 Å². The highest BCUT2D eigenvalue weighted by molar-refractivity contribution is 7.92. The number of sulfonamides is 1. The van der Waals surface area contributed by atoms with Crippen LogP contribution in [0.4, 0.5) is 18.9 Å². The van der Waals surface area contributed by atoms with E-state index >= 15 is 0 Å².